The normalized spacial score (nSPS) is 17.9. The highest BCUT2D eigenvalue weighted by molar-refractivity contribution is 5.96. The number of anilines is 3. The van der Waals surface area contributed by atoms with Gasteiger partial charge in [-0.25, -0.2) is 4.98 Å². The largest absolute Gasteiger partial charge is 0.368 e. The van der Waals surface area contributed by atoms with E-state index in [-0.39, 0.29) is 12.0 Å². The fourth-order valence-electron chi connectivity index (χ4n) is 2.01. The number of nitrogens with zero attached hydrogens (tertiary/aromatic N) is 4. The number of carbonyl (C=O) groups excluding carboxylic acids is 1. The van der Waals surface area contributed by atoms with Crippen LogP contribution in [0.5, 0.6) is 0 Å². The molecular weight excluding hydrogens is 258 g/mol. The lowest BCUT2D eigenvalue weighted by atomic mass is 10.2. The predicted molar refractivity (Wildman–Crippen MR) is 78.3 cm³/mol. The summed E-state index contributed by atoms with van der Waals surface area (Å²) in [6.45, 7) is 0.648. The molecule has 1 unspecified atom stereocenters. The number of nitrogens with one attached hydrogen (secondary N) is 1. The van der Waals surface area contributed by atoms with E-state index in [1.807, 2.05) is 38.0 Å². The van der Waals surface area contributed by atoms with Crippen molar-refractivity contribution in [2.24, 2.45) is 0 Å². The Hall–Kier alpha value is -1.89. The van der Waals surface area contributed by atoms with E-state index in [0.717, 1.165) is 12.8 Å². The van der Waals surface area contributed by atoms with E-state index >= 15 is 0 Å². The Balaban J connectivity index is 2.19. The molecule has 0 aliphatic carbocycles. The maximum atomic E-state index is 12.1. The third-order valence-electron chi connectivity index (χ3n) is 3.06. The molecule has 1 aliphatic rings. The molecule has 1 aromatic rings. The van der Waals surface area contributed by atoms with Crippen LogP contribution in [0.3, 0.4) is 0 Å². The summed E-state index contributed by atoms with van der Waals surface area (Å²) < 4.78 is 5.37. The lowest BCUT2D eigenvalue weighted by Gasteiger charge is -2.20. The van der Waals surface area contributed by atoms with E-state index in [4.69, 9.17) is 4.74 Å². The molecule has 7 nitrogen and oxygen atoms in total. The number of hydrogen-bond donors (Lipinski definition) is 1. The molecule has 20 heavy (non-hydrogen) atoms. The summed E-state index contributed by atoms with van der Waals surface area (Å²) in [7, 11) is 7.51. The van der Waals surface area contributed by atoms with E-state index in [1.165, 1.54) is 0 Å². The first-order chi connectivity index (χ1) is 9.49. The molecule has 1 saturated heterocycles. The number of hydrogen-bond acceptors (Lipinski definition) is 6. The molecule has 1 amide bonds. The lowest BCUT2D eigenvalue weighted by molar-refractivity contribution is -0.124. The zero-order chi connectivity index (χ0) is 14.7. The van der Waals surface area contributed by atoms with Gasteiger partial charge < -0.3 is 19.9 Å². The van der Waals surface area contributed by atoms with Crippen molar-refractivity contribution in [3.8, 4) is 0 Å². The second-order valence-electron chi connectivity index (χ2n) is 5.19. The number of amides is 1. The predicted octanol–water partition coefficient (Wildman–Crippen LogP) is 0.726. The standard InChI is InChI=1S/C13H21N5O2/c1-17(2)11-9(8-14-13(16-11)18(3)4)15-12(19)10-6-5-7-20-10/h8,10H,5-7H2,1-4H3,(H,15,19). The number of rotatable bonds is 4. The minimum absolute atomic E-state index is 0.133. The van der Waals surface area contributed by atoms with Crippen molar-refractivity contribution in [3.05, 3.63) is 6.20 Å². The molecule has 0 saturated carbocycles. The monoisotopic (exact) mass is 279 g/mol. The smallest absolute Gasteiger partial charge is 0.253 e. The van der Waals surface area contributed by atoms with Crippen LogP contribution < -0.4 is 15.1 Å². The van der Waals surface area contributed by atoms with Crippen LogP contribution >= 0.6 is 0 Å². The van der Waals surface area contributed by atoms with Crippen molar-refractivity contribution in [2.75, 3.05) is 49.9 Å². The molecule has 1 atom stereocenters. The van der Waals surface area contributed by atoms with Crippen LogP contribution in [-0.4, -0.2) is 56.8 Å². The Labute approximate surface area is 118 Å². The lowest BCUT2D eigenvalue weighted by Crippen LogP contribution is -2.28. The first-order valence-electron chi connectivity index (χ1n) is 6.63. The summed E-state index contributed by atoms with van der Waals surface area (Å²) in [5.74, 6) is 1.14. The van der Waals surface area contributed by atoms with Crippen LogP contribution in [0.2, 0.25) is 0 Å². The molecule has 0 bridgehead atoms. The third-order valence-corrected chi connectivity index (χ3v) is 3.06. The molecule has 1 N–H and O–H groups in total. The van der Waals surface area contributed by atoms with Gasteiger partial charge in [0.05, 0.1) is 6.20 Å². The van der Waals surface area contributed by atoms with Gasteiger partial charge in [-0.15, -0.1) is 0 Å². The minimum atomic E-state index is -0.362. The Bertz CT molecular complexity index is 484. The second-order valence-corrected chi connectivity index (χ2v) is 5.19. The molecular formula is C13H21N5O2. The fourth-order valence-corrected chi connectivity index (χ4v) is 2.01. The minimum Gasteiger partial charge on any atom is -0.368 e. The van der Waals surface area contributed by atoms with Crippen molar-refractivity contribution < 1.29 is 9.53 Å². The van der Waals surface area contributed by atoms with Crippen molar-refractivity contribution >= 4 is 23.4 Å². The molecule has 2 heterocycles. The van der Waals surface area contributed by atoms with Crippen molar-refractivity contribution in [1.82, 2.24) is 9.97 Å². The quantitative estimate of drug-likeness (QED) is 0.876. The number of aromatic nitrogens is 2. The maximum Gasteiger partial charge on any atom is 0.253 e. The van der Waals surface area contributed by atoms with Gasteiger partial charge in [-0.05, 0) is 12.8 Å². The Morgan fingerprint density at radius 2 is 2.10 bits per heavy atom. The van der Waals surface area contributed by atoms with Crippen LogP contribution in [0.4, 0.5) is 17.5 Å². The average molecular weight is 279 g/mol. The summed E-state index contributed by atoms with van der Waals surface area (Å²) in [6, 6.07) is 0. The zero-order valence-corrected chi connectivity index (χ0v) is 12.4. The van der Waals surface area contributed by atoms with Gasteiger partial charge in [0.1, 0.15) is 11.8 Å². The van der Waals surface area contributed by atoms with Gasteiger partial charge in [0.2, 0.25) is 5.95 Å². The summed E-state index contributed by atoms with van der Waals surface area (Å²) in [5, 5.41) is 2.85. The molecule has 2 rings (SSSR count). The van der Waals surface area contributed by atoms with E-state index in [9.17, 15) is 4.79 Å². The van der Waals surface area contributed by atoms with Gasteiger partial charge in [0.15, 0.2) is 5.82 Å². The highest BCUT2D eigenvalue weighted by Gasteiger charge is 2.25. The molecule has 1 fully saturated rings. The third kappa shape index (κ3) is 3.16. The van der Waals surface area contributed by atoms with Gasteiger partial charge in [-0.2, -0.15) is 4.98 Å². The Kier molecular flexibility index (Phi) is 4.39. The molecule has 0 spiro atoms. The van der Waals surface area contributed by atoms with Gasteiger partial charge in [0.25, 0.3) is 5.91 Å². The molecule has 0 radical (unpaired) electrons. The van der Waals surface area contributed by atoms with Crippen LogP contribution in [0.1, 0.15) is 12.8 Å². The highest BCUT2D eigenvalue weighted by atomic mass is 16.5. The first-order valence-corrected chi connectivity index (χ1v) is 6.63. The summed E-state index contributed by atoms with van der Waals surface area (Å²) in [4.78, 5) is 24.4. The van der Waals surface area contributed by atoms with Gasteiger partial charge in [0, 0.05) is 34.8 Å². The van der Waals surface area contributed by atoms with Gasteiger partial charge in [-0.1, -0.05) is 0 Å². The van der Waals surface area contributed by atoms with Gasteiger partial charge >= 0.3 is 0 Å². The summed E-state index contributed by atoms with van der Waals surface area (Å²) in [6.07, 6.45) is 2.96. The van der Waals surface area contributed by atoms with Crippen molar-refractivity contribution in [3.63, 3.8) is 0 Å². The number of ether oxygens (including phenoxy) is 1. The highest BCUT2D eigenvalue weighted by Crippen LogP contribution is 2.24. The topological polar surface area (TPSA) is 70.6 Å². The molecule has 0 aromatic carbocycles. The average Bonchev–Trinajstić information content (AvgIpc) is 2.92. The first kappa shape index (κ1) is 14.5. The van der Waals surface area contributed by atoms with E-state index in [2.05, 4.69) is 15.3 Å². The van der Waals surface area contributed by atoms with E-state index in [1.54, 1.807) is 6.20 Å². The molecule has 110 valence electrons. The Morgan fingerprint density at radius 3 is 2.65 bits per heavy atom. The SMILES string of the molecule is CN(C)c1ncc(NC(=O)C2CCCO2)c(N(C)C)n1. The van der Waals surface area contributed by atoms with Crippen molar-refractivity contribution in [1.29, 1.82) is 0 Å². The van der Waals surface area contributed by atoms with E-state index in [0.29, 0.717) is 24.1 Å². The molecule has 1 aromatic heterocycles. The van der Waals surface area contributed by atoms with Crippen LogP contribution in [0.15, 0.2) is 6.20 Å². The van der Waals surface area contributed by atoms with Crippen molar-refractivity contribution in [2.45, 2.75) is 18.9 Å². The fraction of sp³-hybridized carbons (Fsp3) is 0.615. The van der Waals surface area contributed by atoms with Crippen LogP contribution in [0, 0.1) is 0 Å². The zero-order valence-electron chi connectivity index (χ0n) is 12.4. The van der Waals surface area contributed by atoms with E-state index < -0.39 is 0 Å². The van der Waals surface area contributed by atoms with Crippen LogP contribution in [0.25, 0.3) is 0 Å². The maximum absolute atomic E-state index is 12.1. The van der Waals surface area contributed by atoms with Gasteiger partial charge in [-0.3, -0.25) is 4.79 Å². The number of carbonyl (C=O) groups is 1. The Morgan fingerprint density at radius 1 is 1.35 bits per heavy atom. The molecule has 1 aliphatic heterocycles. The summed E-state index contributed by atoms with van der Waals surface area (Å²) >= 11 is 0. The second kappa shape index (κ2) is 6.04. The van der Waals surface area contributed by atoms with Crippen LogP contribution in [-0.2, 0) is 9.53 Å². The summed E-state index contributed by atoms with van der Waals surface area (Å²) in [5.41, 5.74) is 0.598. The molecule has 7 heteroatoms.